The average Bonchev–Trinajstić information content (AvgIpc) is 3.00. The van der Waals surface area contributed by atoms with E-state index in [1.165, 1.54) is 12.8 Å². The zero-order chi connectivity index (χ0) is 11.3. The highest BCUT2D eigenvalue weighted by Gasteiger charge is 2.31. The summed E-state index contributed by atoms with van der Waals surface area (Å²) < 4.78 is 5.43. The minimum atomic E-state index is -1.07. The van der Waals surface area contributed by atoms with Gasteiger partial charge in [0, 0.05) is 13.2 Å². The van der Waals surface area contributed by atoms with Gasteiger partial charge in [-0.3, -0.25) is 4.79 Å². The monoisotopic (exact) mass is 215 g/mol. The van der Waals surface area contributed by atoms with Crippen LogP contribution < -0.4 is 5.73 Å². The van der Waals surface area contributed by atoms with Gasteiger partial charge in [-0.2, -0.15) is 0 Å². The van der Waals surface area contributed by atoms with Crippen LogP contribution in [0.4, 0.5) is 0 Å². The molecule has 3 N–H and O–H groups in total. The maximum absolute atomic E-state index is 10.9. The second kappa shape index (κ2) is 5.47. The van der Waals surface area contributed by atoms with Crippen LogP contribution in [0.2, 0.25) is 0 Å². The number of nitrogens with two attached hydrogens (primary N) is 1. The summed E-state index contributed by atoms with van der Waals surface area (Å²) in [7, 11) is 0. The van der Waals surface area contributed by atoms with Crippen molar-refractivity contribution in [3.05, 3.63) is 0 Å². The standard InChI is InChI=1S/C11H21NO3/c1-2-11(12,10(13)14)6-3-7-15-8-9-4-5-9/h9H,2-8,12H2,1H3,(H,13,14). The van der Waals surface area contributed by atoms with Crippen molar-refractivity contribution in [2.75, 3.05) is 13.2 Å². The molecule has 1 fully saturated rings. The van der Waals surface area contributed by atoms with E-state index in [1.807, 2.05) is 0 Å². The van der Waals surface area contributed by atoms with Crippen molar-refractivity contribution in [2.45, 2.75) is 44.6 Å². The van der Waals surface area contributed by atoms with Gasteiger partial charge in [-0.05, 0) is 38.0 Å². The Kier molecular flexibility index (Phi) is 4.54. The normalized spacial score (nSPS) is 19.9. The van der Waals surface area contributed by atoms with E-state index in [4.69, 9.17) is 15.6 Å². The van der Waals surface area contributed by atoms with E-state index in [2.05, 4.69) is 0 Å². The Labute approximate surface area is 90.8 Å². The summed E-state index contributed by atoms with van der Waals surface area (Å²) in [5.74, 6) is -0.148. The predicted octanol–water partition coefficient (Wildman–Crippen LogP) is 1.39. The SMILES string of the molecule is CCC(N)(CCCOCC1CC1)C(=O)O. The van der Waals surface area contributed by atoms with Crippen molar-refractivity contribution in [3.63, 3.8) is 0 Å². The molecule has 4 nitrogen and oxygen atoms in total. The minimum absolute atomic E-state index is 0.463. The molecule has 88 valence electrons. The maximum atomic E-state index is 10.9. The number of ether oxygens (including phenoxy) is 1. The van der Waals surface area contributed by atoms with Crippen LogP contribution in [0.15, 0.2) is 0 Å². The first-order valence-corrected chi connectivity index (χ1v) is 5.68. The number of hydrogen-bond donors (Lipinski definition) is 2. The van der Waals surface area contributed by atoms with Crippen molar-refractivity contribution >= 4 is 5.97 Å². The van der Waals surface area contributed by atoms with Crippen LogP contribution in [-0.2, 0) is 9.53 Å². The molecule has 0 aromatic carbocycles. The molecule has 0 saturated heterocycles. The summed E-state index contributed by atoms with van der Waals surface area (Å²) in [6, 6.07) is 0. The first-order chi connectivity index (χ1) is 7.08. The molecule has 1 aliphatic carbocycles. The maximum Gasteiger partial charge on any atom is 0.323 e. The third-order valence-electron chi connectivity index (χ3n) is 3.02. The van der Waals surface area contributed by atoms with Crippen molar-refractivity contribution < 1.29 is 14.6 Å². The van der Waals surface area contributed by atoms with E-state index >= 15 is 0 Å². The van der Waals surface area contributed by atoms with Gasteiger partial charge in [0.1, 0.15) is 5.54 Å². The number of aliphatic carboxylic acids is 1. The van der Waals surface area contributed by atoms with Gasteiger partial charge >= 0.3 is 5.97 Å². The molecule has 0 aliphatic heterocycles. The first kappa shape index (κ1) is 12.5. The van der Waals surface area contributed by atoms with Gasteiger partial charge in [0.2, 0.25) is 0 Å². The van der Waals surface area contributed by atoms with E-state index in [0.29, 0.717) is 19.4 Å². The third kappa shape index (κ3) is 4.18. The third-order valence-corrected chi connectivity index (χ3v) is 3.02. The Bertz CT molecular complexity index is 216. The van der Waals surface area contributed by atoms with Crippen LogP contribution in [0.5, 0.6) is 0 Å². The average molecular weight is 215 g/mol. The fourth-order valence-corrected chi connectivity index (χ4v) is 1.46. The van der Waals surface area contributed by atoms with Crippen LogP contribution >= 0.6 is 0 Å². The number of rotatable bonds is 8. The molecular weight excluding hydrogens is 194 g/mol. The topological polar surface area (TPSA) is 72.5 Å². The molecule has 0 amide bonds. The number of carboxylic acids is 1. The highest BCUT2D eigenvalue weighted by Crippen LogP contribution is 2.28. The van der Waals surface area contributed by atoms with Crippen molar-refractivity contribution in [1.29, 1.82) is 0 Å². The number of carbonyl (C=O) groups is 1. The zero-order valence-corrected chi connectivity index (χ0v) is 9.37. The van der Waals surface area contributed by atoms with Crippen molar-refractivity contribution in [3.8, 4) is 0 Å². The van der Waals surface area contributed by atoms with Gasteiger partial charge in [-0.1, -0.05) is 6.92 Å². The van der Waals surface area contributed by atoms with E-state index in [9.17, 15) is 4.79 Å². The first-order valence-electron chi connectivity index (χ1n) is 5.68. The minimum Gasteiger partial charge on any atom is -0.480 e. The van der Waals surface area contributed by atoms with E-state index < -0.39 is 11.5 Å². The molecular formula is C11H21NO3. The van der Waals surface area contributed by atoms with Gasteiger partial charge in [0.15, 0.2) is 0 Å². The summed E-state index contributed by atoms with van der Waals surface area (Å²) in [5.41, 5.74) is 4.67. The second-order valence-corrected chi connectivity index (χ2v) is 4.44. The molecule has 1 aliphatic rings. The van der Waals surface area contributed by atoms with Gasteiger partial charge in [-0.25, -0.2) is 0 Å². The van der Waals surface area contributed by atoms with Crippen molar-refractivity contribution in [1.82, 2.24) is 0 Å². The largest absolute Gasteiger partial charge is 0.480 e. The lowest BCUT2D eigenvalue weighted by molar-refractivity contribution is -0.143. The fraction of sp³-hybridized carbons (Fsp3) is 0.909. The molecule has 1 rings (SSSR count). The van der Waals surface area contributed by atoms with E-state index in [1.54, 1.807) is 6.92 Å². The Morgan fingerprint density at radius 2 is 2.27 bits per heavy atom. The Morgan fingerprint density at radius 1 is 1.60 bits per heavy atom. The lowest BCUT2D eigenvalue weighted by Gasteiger charge is -2.22. The predicted molar refractivity (Wildman–Crippen MR) is 57.6 cm³/mol. The highest BCUT2D eigenvalue weighted by atomic mass is 16.5. The molecule has 15 heavy (non-hydrogen) atoms. The molecule has 0 aromatic heterocycles. The lowest BCUT2D eigenvalue weighted by Crippen LogP contribution is -2.47. The summed E-state index contributed by atoms with van der Waals surface area (Å²) in [4.78, 5) is 10.9. The molecule has 1 atom stereocenters. The van der Waals surface area contributed by atoms with Crippen LogP contribution in [0.25, 0.3) is 0 Å². The quantitative estimate of drug-likeness (QED) is 0.600. The number of hydrogen-bond acceptors (Lipinski definition) is 3. The Balaban J connectivity index is 2.07. The van der Waals surface area contributed by atoms with Crippen LogP contribution in [0, 0.1) is 5.92 Å². The second-order valence-electron chi connectivity index (χ2n) is 4.44. The molecule has 1 unspecified atom stereocenters. The Morgan fingerprint density at radius 3 is 2.73 bits per heavy atom. The van der Waals surface area contributed by atoms with Crippen LogP contribution in [0.1, 0.15) is 39.0 Å². The molecule has 0 aromatic rings. The van der Waals surface area contributed by atoms with Crippen LogP contribution in [-0.4, -0.2) is 29.8 Å². The highest BCUT2D eigenvalue weighted by molar-refractivity contribution is 5.78. The summed E-state index contributed by atoms with van der Waals surface area (Å²) in [5, 5.41) is 8.92. The lowest BCUT2D eigenvalue weighted by atomic mass is 9.92. The fourth-order valence-electron chi connectivity index (χ4n) is 1.46. The Hall–Kier alpha value is -0.610. The van der Waals surface area contributed by atoms with E-state index in [-0.39, 0.29) is 0 Å². The van der Waals surface area contributed by atoms with Gasteiger partial charge in [0.25, 0.3) is 0 Å². The molecule has 4 heteroatoms. The summed E-state index contributed by atoms with van der Waals surface area (Å²) in [6.45, 7) is 3.26. The molecule has 1 saturated carbocycles. The summed E-state index contributed by atoms with van der Waals surface area (Å²) >= 11 is 0. The van der Waals surface area contributed by atoms with E-state index in [0.717, 1.165) is 18.9 Å². The number of carboxylic acid groups (broad SMARTS) is 1. The molecule has 0 spiro atoms. The van der Waals surface area contributed by atoms with Crippen LogP contribution in [0.3, 0.4) is 0 Å². The molecule has 0 radical (unpaired) electrons. The van der Waals surface area contributed by atoms with Gasteiger partial charge in [0.05, 0.1) is 0 Å². The van der Waals surface area contributed by atoms with Gasteiger partial charge < -0.3 is 15.6 Å². The molecule has 0 bridgehead atoms. The van der Waals surface area contributed by atoms with Gasteiger partial charge in [-0.15, -0.1) is 0 Å². The summed E-state index contributed by atoms with van der Waals surface area (Å²) in [6.07, 6.45) is 4.24. The zero-order valence-electron chi connectivity index (χ0n) is 9.37. The smallest absolute Gasteiger partial charge is 0.323 e. The molecule has 0 heterocycles. The van der Waals surface area contributed by atoms with Crippen molar-refractivity contribution in [2.24, 2.45) is 11.7 Å².